The Hall–Kier alpha value is -1.15. The van der Waals surface area contributed by atoms with E-state index in [2.05, 4.69) is 21.2 Å². The number of halogens is 1. The fraction of sp³-hybridized carbons (Fsp3) is 0.364. The maximum Gasteiger partial charge on any atom is 0.254 e. The lowest BCUT2D eigenvalue weighted by molar-refractivity contribution is 0.0375. The van der Waals surface area contributed by atoms with Gasteiger partial charge in [0.25, 0.3) is 5.91 Å². The van der Waals surface area contributed by atoms with E-state index in [0.29, 0.717) is 4.47 Å². The van der Waals surface area contributed by atoms with Crippen molar-refractivity contribution >= 4 is 27.5 Å². The average Bonchev–Trinajstić information content (AvgIpc) is 2.38. The number of hydrogen-bond donors (Lipinski definition) is 5. The Morgan fingerprint density at radius 3 is 2.33 bits per heavy atom. The Morgan fingerprint density at radius 2 is 1.83 bits per heavy atom. The normalized spacial score (nSPS) is 11.3. The van der Waals surface area contributed by atoms with Gasteiger partial charge in [-0.05, 0) is 18.2 Å². The van der Waals surface area contributed by atoms with Gasteiger partial charge in [0.1, 0.15) is 5.54 Å². The molecule has 18 heavy (non-hydrogen) atoms. The highest BCUT2D eigenvalue weighted by Gasteiger charge is 2.30. The second-order valence-electron chi connectivity index (χ2n) is 3.94. The van der Waals surface area contributed by atoms with Gasteiger partial charge in [0.2, 0.25) is 0 Å². The van der Waals surface area contributed by atoms with E-state index in [1.165, 1.54) is 6.07 Å². The Kier molecular flexibility index (Phi) is 5.09. The summed E-state index contributed by atoms with van der Waals surface area (Å²) in [6, 6.07) is 4.75. The minimum absolute atomic E-state index is 0.198. The molecule has 1 aromatic rings. The summed E-state index contributed by atoms with van der Waals surface area (Å²) in [5, 5.41) is 29.7. The van der Waals surface area contributed by atoms with Crippen LogP contribution in [-0.4, -0.2) is 46.6 Å². The molecule has 6 nitrogen and oxygen atoms in total. The standard InChI is InChI=1S/C11H15BrN2O4/c12-7-1-2-9(13)8(3-7)10(18)14-11(4-15,5-16)6-17/h1-3,15-17H,4-6,13H2,(H,14,18). The summed E-state index contributed by atoms with van der Waals surface area (Å²) in [7, 11) is 0. The number of carbonyl (C=O) groups is 1. The lowest BCUT2D eigenvalue weighted by Gasteiger charge is -2.28. The van der Waals surface area contributed by atoms with Crippen molar-refractivity contribution in [3.05, 3.63) is 28.2 Å². The van der Waals surface area contributed by atoms with E-state index in [4.69, 9.17) is 21.1 Å². The molecule has 0 saturated carbocycles. The topological polar surface area (TPSA) is 116 Å². The molecule has 0 atom stereocenters. The number of aliphatic hydroxyl groups is 3. The van der Waals surface area contributed by atoms with Crippen LogP contribution < -0.4 is 11.1 Å². The number of aliphatic hydroxyl groups excluding tert-OH is 3. The van der Waals surface area contributed by atoms with Crippen molar-refractivity contribution in [1.82, 2.24) is 5.32 Å². The maximum absolute atomic E-state index is 12.0. The van der Waals surface area contributed by atoms with Crippen LogP contribution in [0.2, 0.25) is 0 Å². The van der Waals surface area contributed by atoms with Crippen LogP contribution in [0, 0.1) is 0 Å². The van der Waals surface area contributed by atoms with Crippen molar-refractivity contribution in [2.24, 2.45) is 0 Å². The molecule has 0 aromatic heterocycles. The largest absolute Gasteiger partial charge is 0.398 e. The van der Waals surface area contributed by atoms with Crippen molar-refractivity contribution in [3.8, 4) is 0 Å². The lowest BCUT2D eigenvalue weighted by Crippen LogP contribution is -2.57. The molecule has 0 unspecified atom stereocenters. The molecule has 0 aliphatic carbocycles. The highest BCUT2D eigenvalue weighted by molar-refractivity contribution is 9.10. The van der Waals surface area contributed by atoms with Gasteiger partial charge in [-0.15, -0.1) is 0 Å². The van der Waals surface area contributed by atoms with Gasteiger partial charge in [-0.3, -0.25) is 4.79 Å². The number of hydrogen-bond acceptors (Lipinski definition) is 5. The molecule has 1 rings (SSSR count). The van der Waals surface area contributed by atoms with E-state index in [-0.39, 0.29) is 11.3 Å². The zero-order valence-electron chi connectivity index (χ0n) is 9.56. The third kappa shape index (κ3) is 3.20. The summed E-state index contributed by atoms with van der Waals surface area (Å²) in [5.41, 5.74) is 4.66. The summed E-state index contributed by atoms with van der Waals surface area (Å²) in [4.78, 5) is 12.0. The molecule has 1 amide bonds. The molecule has 6 N–H and O–H groups in total. The Balaban J connectivity index is 2.97. The molecule has 0 fully saturated rings. The minimum Gasteiger partial charge on any atom is -0.398 e. The van der Waals surface area contributed by atoms with Crippen molar-refractivity contribution in [2.75, 3.05) is 25.6 Å². The first-order valence-corrected chi connectivity index (χ1v) is 5.97. The molecule has 7 heteroatoms. The van der Waals surface area contributed by atoms with Crippen molar-refractivity contribution in [1.29, 1.82) is 0 Å². The number of anilines is 1. The van der Waals surface area contributed by atoms with Gasteiger partial charge in [-0.25, -0.2) is 0 Å². The number of nitrogens with one attached hydrogen (secondary N) is 1. The molecule has 0 bridgehead atoms. The molecule has 0 saturated heterocycles. The molecule has 1 aromatic carbocycles. The van der Waals surface area contributed by atoms with Gasteiger partial charge in [0.05, 0.1) is 25.4 Å². The molecular formula is C11H15BrN2O4. The summed E-state index contributed by atoms with van der Waals surface area (Å²) in [6.07, 6.45) is 0. The minimum atomic E-state index is -1.47. The Labute approximate surface area is 113 Å². The maximum atomic E-state index is 12.0. The van der Waals surface area contributed by atoms with Gasteiger partial charge < -0.3 is 26.4 Å². The Morgan fingerprint density at radius 1 is 1.28 bits per heavy atom. The summed E-state index contributed by atoms with van der Waals surface area (Å²) >= 11 is 3.21. The molecule has 0 aliphatic rings. The number of nitrogens with two attached hydrogens (primary N) is 1. The summed E-state index contributed by atoms with van der Waals surface area (Å²) < 4.78 is 0.671. The zero-order valence-corrected chi connectivity index (χ0v) is 11.1. The molecule has 100 valence electrons. The Bertz CT molecular complexity index is 427. The van der Waals surface area contributed by atoms with Crippen LogP contribution in [0.25, 0.3) is 0 Å². The molecule has 0 heterocycles. The molecule has 0 spiro atoms. The van der Waals surface area contributed by atoms with Gasteiger partial charge >= 0.3 is 0 Å². The predicted molar refractivity (Wildman–Crippen MR) is 70.0 cm³/mol. The first-order valence-electron chi connectivity index (χ1n) is 5.18. The van der Waals surface area contributed by atoms with Gasteiger partial charge in [0, 0.05) is 10.2 Å². The van der Waals surface area contributed by atoms with Crippen molar-refractivity contribution < 1.29 is 20.1 Å². The monoisotopic (exact) mass is 318 g/mol. The van der Waals surface area contributed by atoms with E-state index < -0.39 is 31.3 Å². The first-order chi connectivity index (χ1) is 8.48. The van der Waals surface area contributed by atoms with Crippen LogP contribution in [-0.2, 0) is 0 Å². The number of benzene rings is 1. The van der Waals surface area contributed by atoms with Crippen LogP contribution in [0.5, 0.6) is 0 Å². The van der Waals surface area contributed by atoms with Gasteiger partial charge in [-0.2, -0.15) is 0 Å². The smallest absolute Gasteiger partial charge is 0.254 e. The second kappa shape index (κ2) is 6.14. The zero-order chi connectivity index (χ0) is 13.8. The van der Waals surface area contributed by atoms with Crippen molar-refractivity contribution in [2.45, 2.75) is 5.54 Å². The van der Waals surface area contributed by atoms with E-state index in [1.54, 1.807) is 12.1 Å². The van der Waals surface area contributed by atoms with Crippen LogP contribution in [0.15, 0.2) is 22.7 Å². The van der Waals surface area contributed by atoms with Crippen LogP contribution in [0.4, 0.5) is 5.69 Å². The third-order valence-electron chi connectivity index (χ3n) is 2.55. The SMILES string of the molecule is Nc1ccc(Br)cc1C(=O)NC(CO)(CO)CO. The first kappa shape index (κ1) is 14.9. The van der Waals surface area contributed by atoms with E-state index in [9.17, 15) is 4.79 Å². The molecular weight excluding hydrogens is 304 g/mol. The van der Waals surface area contributed by atoms with Crippen molar-refractivity contribution in [3.63, 3.8) is 0 Å². The third-order valence-corrected chi connectivity index (χ3v) is 3.04. The van der Waals surface area contributed by atoms with Crippen LogP contribution in [0.1, 0.15) is 10.4 Å². The quantitative estimate of drug-likeness (QED) is 0.468. The average molecular weight is 319 g/mol. The highest BCUT2D eigenvalue weighted by Crippen LogP contribution is 2.19. The van der Waals surface area contributed by atoms with Crippen LogP contribution >= 0.6 is 15.9 Å². The fourth-order valence-corrected chi connectivity index (χ4v) is 1.66. The number of amides is 1. The fourth-order valence-electron chi connectivity index (χ4n) is 1.30. The van der Waals surface area contributed by atoms with E-state index in [1.807, 2.05) is 0 Å². The van der Waals surface area contributed by atoms with E-state index in [0.717, 1.165) is 0 Å². The van der Waals surface area contributed by atoms with Crippen LogP contribution in [0.3, 0.4) is 0 Å². The van der Waals surface area contributed by atoms with Gasteiger partial charge in [-0.1, -0.05) is 15.9 Å². The lowest BCUT2D eigenvalue weighted by atomic mass is 10.0. The highest BCUT2D eigenvalue weighted by atomic mass is 79.9. The molecule has 0 radical (unpaired) electrons. The number of nitrogen functional groups attached to an aromatic ring is 1. The second-order valence-corrected chi connectivity index (χ2v) is 4.86. The van der Waals surface area contributed by atoms with E-state index >= 15 is 0 Å². The predicted octanol–water partition coefficient (Wildman–Crippen LogP) is -0.523. The number of rotatable bonds is 5. The number of carbonyl (C=O) groups excluding carboxylic acids is 1. The molecule has 0 aliphatic heterocycles. The summed E-state index contributed by atoms with van der Waals surface area (Å²) in [6.45, 7) is -1.75. The summed E-state index contributed by atoms with van der Waals surface area (Å²) in [5.74, 6) is -0.578. The van der Waals surface area contributed by atoms with Gasteiger partial charge in [0.15, 0.2) is 0 Å².